The lowest BCUT2D eigenvalue weighted by Crippen LogP contribution is -2.40. The largest absolute Gasteiger partial charge is 0.379 e. The number of rotatable bonds is 4. The van der Waals surface area contributed by atoms with Gasteiger partial charge >= 0.3 is 0 Å². The molecule has 7 heteroatoms. The summed E-state index contributed by atoms with van der Waals surface area (Å²) in [6.07, 6.45) is 0. The first-order valence-electron chi connectivity index (χ1n) is 5.93. The van der Waals surface area contributed by atoms with Crippen LogP contribution >= 0.6 is 0 Å². The number of benzene rings is 1. The number of nitriles is 1. The maximum atomic E-state index is 12.3. The molecule has 0 saturated carbocycles. The number of morpholine rings is 1. The van der Waals surface area contributed by atoms with Gasteiger partial charge in [0.05, 0.1) is 24.2 Å². The summed E-state index contributed by atoms with van der Waals surface area (Å²) in [6.45, 7) is 1.82. The fourth-order valence-electron chi connectivity index (χ4n) is 1.82. The lowest BCUT2D eigenvalue weighted by atomic mass is 10.3. The van der Waals surface area contributed by atoms with Gasteiger partial charge < -0.3 is 10.1 Å². The predicted molar refractivity (Wildman–Crippen MR) is 70.1 cm³/mol. The van der Waals surface area contributed by atoms with Crippen molar-refractivity contribution in [2.75, 3.05) is 38.2 Å². The highest BCUT2D eigenvalue weighted by Gasteiger charge is 2.25. The Kier molecular flexibility index (Phi) is 4.37. The van der Waals surface area contributed by atoms with Crippen LogP contribution in [0.2, 0.25) is 0 Å². The second-order valence-electron chi connectivity index (χ2n) is 4.05. The average Bonchev–Trinajstić information content (AvgIpc) is 2.46. The normalized spacial score (nSPS) is 16.8. The minimum atomic E-state index is -3.44. The van der Waals surface area contributed by atoms with Crippen molar-refractivity contribution < 1.29 is 13.2 Å². The van der Waals surface area contributed by atoms with Crippen molar-refractivity contribution in [2.45, 2.75) is 4.90 Å². The van der Waals surface area contributed by atoms with E-state index in [0.717, 1.165) is 5.69 Å². The summed E-state index contributed by atoms with van der Waals surface area (Å²) in [5, 5.41) is 11.3. The zero-order chi connectivity index (χ0) is 13.7. The molecule has 0 bridgehead atoms. The van der Waals surface area contributed by atoms with Gasteiger partial charge in [0, 0.05) is 18.8 Å². The van der Waals surface area contributed by atoms with Crippen LogP contribution in [0.25, 0.3) is 0 Å². The van der Waals surface area contributed by atoms with Crippen molar-refractivity contribution >= 4 is 15.7 Å². The number of hydrogen-bond acceptors (Lipinski definition) is 5. The molecule has 6 nitrogen and oxygen atoms in total. The van der Waals surface area contributed by atoms with E-state index in [9.17, 15) is 8.42 Å². The summed E-state index contributed by atoms with van der Waals surface area (Å²) in [5.41, 5.74) is 0.725. The Morgan fingerprint density at radius 2 is 1.89 bits per heavy atom. The quantitative estimate of drug-likeness (QED) is 0.819. The summed E-state index contributed by atoms with van der Waals surface area (Å²) in [5.74, 6) is 0. The third-order valence-corrected chi connectivity index (χ3v) is 4.75. The van der Waals surface area contributed by atoms with Crippen LogP contribution in [-0.4, -0.2) is 45.6 Å². The zero-order valence-electron chi connectivity index (χ0n) is 10.4. The van der Waals surface area contributed by atoms with Crippen molar-refractivity contribution in [3.8, 4) is 6.07 Å². The van der Waals surface area contributed by atoms with Gasteiger partial charge in [0.15, 0.2) is 0 Å². The van der Waals surface area contributed by atoms with Crippen LogP contribution in [0, 0.1) is 11.3 Å². The molecule has 1 aliphatic rings. The fraction of sp³-hybridized carbons (Fsp3) is 0.417. The average molecular weight is 281 g/mol. The number of nitrogens with one attached hydrogen (secondary N) is 1. The van der Waals surface area contributed by atoms with E-state index in [0.29, 0.717) is 26.3 Å². The second-order valence-corrected chi connectivity index (χ2v) is 5.99. The van der Waals surface area contributed by atoms with Gasteiger partial charge in [0.1, 0.15) is 6.54 Å². The first kappa shape index (κ1) is 13.8. The molecule has 1 fully saturated rings. The Hall–Kier alpha value is -1.62. The van der Waals surface area contributed by atoms with E-state index in [2.05, 4.69) is 5.32 Å². The summed E-state index contributed by atoms with van der Waals surface area (Å²) < 4.78 is 31.2. The molecule has 0 unspecified atom stereocenters. The molecular formula is C12H15N3O3S. The number of hydrogen-bond donors (Lipinski definition) is 1. The molecule has 102 valence electrons. The monoisotopic (exact) mass is 281 g/mol. The van der Waals surface area contributed by atoms with E-state index in [1.807, 2.05) is 6.07 Å². The first-order valence-corrected chi connectivity index (χ1v) is 7.37. The van der Waals surface area contributed by atoms with E-state index < -0.39 is 10.0 Å². The lowest BCUT2D eigenvalue weighted by Gasteiger charge is -2.26. The molecule has 1 aromatic rings. The van der Waals surface area contributed by atoms with Gasteiger partial charge in [-0.05, 0) is 24.3 Å². The van der Waals surface area contributed by atoms with Crippen molar-refractivity contribution in [1.29, 1.82) is 5.26 Å². The number of nitrogens with zero attached hydrogens (tertiary/aromatic N) is 2. The Morgan fingerprint density at radius 3 is 2.47 bits per heavy atom. The molecule has 0 aliphatic carbocycles. The highest BCUT2D eigenvalue weighted by Crippen LogP contribution is 2.19. The van der Waals surface area contributed by atoms with Crippen LogP contribution in [0.3, 0.4) is 0 Å². The van der Waals surface area contributed by atoms with Crippen LogP contribution in [0.1, 0.15) is 0 Å². The minimum Gasteiger partial charge on any atom is -0.379 e. The van der Waals surface area contributed by atoms with Gasteiger partial charge in [0.2, 0.25) is 10.0 Å². The highest BCUT2D eigenvalue weighted by molar-refractivity contribution is 7.89. The summed E-state index contributed by atoms with van der Waals surface area (Å²) in [4.78, 5) is 0.261. The molecule has 0 spiro atoms. The molecule has 1 aromatic carbocycles. The summed E-state index contributed by atoms with van der Waals surface area (Å²) in [6, 6.07) is 8.37. The fourth-order valence-corrected chi connectivity index (χ4v) is 3.23. The van der Waals surface area contributed by atoms with Gasteiger partial charge in [-0.1, -0.05) is 0 Å². The Labute approximate surface area is 112 Å². The first-order chi connectivity index (χ1) is 9.14. The van der Waals surface area contributed by atoms with E-state index in [1.165, 1.54) is 4.31 Å². The highest BCUT2D eigenvalue weighted by atomic mass is 32.2. The Morgan fingerprint density at radius 1 is 1.26 bits per heavy atom. The molecular weight excluding hydrogens is 266 g/mol. The van der Waals surface area contributed by atoms with Crippen molar-refractivity contribution in [1.82, 2.24) is 4.31 Å². The van der Waals surface area contributed by atoms with Crippen LogP contribution < -0.4 is 5.32 Å². The standard InChI is InChI=1S/C12H15N3O3S/c13-5-6-14-11-1-3-12(4-2-11)19(16,17)15-7-9-18-10-8-15/h1-4,14H,6-10H2. The van der Waals surface area contributed by atoms with Crippen LogP contribution in [0.5, 0.6) is 0 Å². The van der Waals surface area contributed by atoms with Crippen molar-refractivity contribution in [3.63, 3.8) is 0 Å². The maximum absolute atomic E-state index is 12.3. The summed E-state index contributed by atoms with van der Waals surface area (Å²) >= 11 is 0. The predicted octanol–water partition coefficient (Wildman–Crippen LogP) is 0.643. The number of ether oxygens (including phenoxy) is 1. The van der Waals surface area contributed by atoms with Crippen LogP contribution in [0.4, 0.5) is 5.69 Å². The second kappa shape index (κ2) is 6.02. The Balaban J connectivity index is 2.14. The van der Waals surface area contributed by atoms with Crippen molar-refractivity contribution in [3.05, 3.63) is 24.3 Å². The van der Waals surface area contributed by atoms with Gasteiger partial charge in [-0.3, -0.25) is 0 Å². The molecule has 1 saturated heterocycles. The number of anilines is 1. The SMILES string of the molecule is N#CCNc1ccc(S(=O)(=O)N2CCOCC2)cc1. The van der Waals surface area contributed by atoms with E-state index in [1.54, 1.807) is 24.3 Å². The number of sulfonamides is 1. The third kappa shape index (κ3) is 3.23. The smallest absolute Gasteiger partial charge is 0.243 e. The molecule has 1 heterocycles. The van der Waals surface area contributed by atoms with Gasteiger partial charge in [-0.2, -0.15) is 9.57 Å². The molecule has 1 N–H and O–H groups in total. The lowest BCUT2D eigenvalue weighted by molar-refractivity contribution is 0.0730. The molecule has 0 atom stereocenters. The maximum Gasteiger partial charge on any atom is 0.243 e. The van der Waals surface area contributed by atoms with E-state index in [-0.39, 0.29) is 11.4 Å². The summed E-state index contributed by atoms with van der Waals surface area (Å²) in [7, 11) is -3.44. The molecule has 0 amide bonds. The molecule has 19 heavy (non-hydrogen) atoms. The van der Waals surface area contributed by atoms with Gasteiger partial charge in [-0.25, -0.2) is 8.42 Å². The van der Waals surface area contributed by atoms with Crippen LogP contribution in [-0.2, 0) is 14.8 Å². The topological polar surface area (TPSA) is 82.4 Å². The molecule has 2 rings (SSSR count). The molecule has 0 radical (unpaired) electrons. The molecule has 1 aliphatic heterocycles. The minimum absolute atomic E-state index is 0.190. The van der Waals surface area contributed by atoms with E-state index in [4.69, 9.17) is 10.00 Å². The van der Waals surface area contributed by atoms with Crippen LogP contribution in [0.15, 0.2) is 29.2 Å². The molecule has 0 aromatic heterocycles. The van der Waals surface area contributed by atoms with Gasteiger partial charge in [-0.15, -0.1) is 0 Å². The van der Waals surface area contributed by atoms with E-state index >= 15 is 0 Å². The van der Waals surface area contributed by atoms with Gasteiger partial charge in [0.25, 0.3) is 0 Å². The Bertz CT molecular complexity index is 557. The zero-order valence-corrected chi connectivity index (χ0v) is 11.2. The third-order valence-electron chi connectivity index (χ3n) is 2.83. The van der Waals surface area contributed by atoms with Crippen molar-refractivity contribution in [2.24, 2.45) is 0 Å².